The standard InChI is InChI=1S/C15H22ClNO4/c1-4-20-13-7-6-11(8-14(13)21-5-2)12(16)9-17(3)10-15(18)19/h6-8,12H,4-5,9-10H2,1-3H3,(H,18,19). The fraction of sp³-hybridized carbons (Fsp3) is 0.533. The van der Waals surface area contributed by atoms with Crippen LogP contribution in [0.2, 0.25) is 0 Å². The van der Waals surface area contributed by atoms with Crippen LogP contribution in [0, 0.1) is 0 Å². The van der Waals surface area contributed by atoms with E-state index >= 15 is 0 Å². The topological polar surface area (TPSA) is 59.0 Å². The summed E-state index contributed by atoms with van der Waals surface area (Å²) in [6, 6.07) is 5.55. The third-order valence-corrected chi connectivity index (χ3v) is 3.20. The SMILES string of the molecule is CCOc1ccc(C(Cl)CN(C)CC(=O)O)cc1OCC. The van der Waals surface area contributed by atoms with E-state index in [9.17, 15) is 4.79 Å². The minimum Gasteiger partial charge on any atom is -0.490 e. The average molecular weight is 316 g/mol. The summed E-state index contributed by atoms with van der Waals surface area (Å²) in [5.74, 6) is 0.470. The normalized spacial score (nSPS) is 12.2. The number of likely N-dealkylation sites (N-methyl/N-ethyl adjacent to an activating group) is 1. The number of alkyl halides is 1. The number of hydrogen-bond donors (Lipinski definition) is 1. The van der Waals surface area contributed by atoms with Gasteiger partial charge in [0.05, 0.1) is 25.1 Å². The highest BCUT2D eigenvalue weighted by molar-refractivity contribution is 6.21. The fourth-order valence-corrected chi connectivity index (χ4v) is 2.31. The zero-order valence-electron chi connectivity index (χ0n) is 12.6. The van der Waals surface area contributed by atoms with Gasteiger partial charge in [-0.3, -0.25) is 9.69 Å². The Kier molecular flexibility index (Phi) is 7.32. The molecule has 1 unspecified atom stereocenters. The van der Waals surface area contributed by atoms with Gasteiger partial charge in [-0.25, -0.2) is 0 Å². The largest absolute Gasteiger partial charge is 0.490 e. The first kappa shape index (κ1) is 17.6. The molecule has 118 valence electrons. The summed E-state index contributed by atoms with van der Waals surface area (Å²) in [5, 5.41) is 8.44. The zero-order valence-corrected chi connectivity index (χ0v) is 13.4. The second-order valence-electron chi connectivity index (χ2n) is 4.63. The first-order valence-corrected chi connectivity index (χ1v) is 7.35. The van der Waals surface area contributed by atoms with Crippen molar-refractivity contribution in [1.82, 2.24) is 4.90 Å². The average Bonchev–Trinajstić information content (AvgIpc) is 2.40. The molecule has 1 aromatic rings. The molecule has 0 heterocycles. The van der Waals surface area contributed by atoms with Crippen LogP contribution < -0.4 is 9.47 Å². The minimum absolute atomic E-state index is 0.0431. The summed E-state index contributed by atoms with van der Waals surface area (Å²) in [5.41, 5.74) is 0.876. The van der Waals surface area contributed by atoms with Crippen molar-refractivity contribution in [2.45, 2.75) is 19.2 Å². The summed E-state index contributed by atoms with van der Waals surface area (Å²) >= 11 is 6.36. The van der Waals surface area contributed by atoms with Crippen molar-refractivity contribution < 1.29 is 19.4 Å². The lowest BCUT2D eigenvalue weighted by Crippen LogP contribution is -2.28. The predicted octanol–water partition coefficient (Wildman–Crippen LogP) is 2.78. The summed E-state index contributed by atoms with van der Waals surface area (Å²) in [6.07, 6.45) is 0. The summed E-state index contributed by atoms with van der Waals surface area (Å²) in [4.78, 5) is 12.3. The molecule has 1 aromatic carbocycles. The van der Waals surface area contributed by atoms with E-state index in [1.807, 2.05) is 32.0 Å². The number of rotatable bonds is 9. The summed E-state index contributed by atoms with van der Waals surface area (Å²) < 4.78 is 11.1. The number of carboxylic acids is 1. The number of benzene rings is 1. The van der Waals surface area contributed by atoms with Gasteiger partial charge in [0.15, 0.2) is 11.5 Å². The maximum atomic E-state index is 10.7. The van der Waals surface area contributed by atoms with E-state index in [4.69, 9.17) is 26.2 Å². The second-order valence-corrected chi connectivity index (χ2v) is 5.16. The lowest BCUT2D eigenvalue weighted by molar-refractivity contribution is -0.137. The molecule has 0 saturated carbocycles. The number of carboxylic acid groups (broad SMARTS) is 1. The maximum absolute atomic E-state index is 10.7. The third-order valence-electron chi connectivity index (χ3n) is 2.81. The Morgan fingerprint density at radius 2 is 1.90 bits per heavy atom. The Morgan fingerprint density at radius 3 is 2.48 bits per heavy atom. The van der Waals surface area contributed by atoms with Gasteiger partial charge < -0.3 is 14.6 Å². The Hall–Kier alpha value is -1.46. The first-order chi connectivity index (χ1) is 9.97. The number of halogens is 1. The molecule has 0 radical (unpaired) electrons. The highest BCUT2D eigenvalue weighted by atomic mass is 35.5. The van der Waals surface area contributed by atoms with E-state index < -0.39 is 5.97 Å². The zero-order chi connectivity index (χ0) is 15.8. The van der Waals surface area contributed by atoms with E-state index in [1.165, 1.54) is 0 Å². The molecule has 0 aliphatic rings. The van der Waals surface area contributed by atoms with Crippen LogP contribution in [-0.4, -0.2) is 49.3 Å². The molecule has 1 N–H and O–H groups in total. The third kappa shape index (κ3) is 5.81. The van der Waals surface area contributed by atoms with E-state index in [-0.39, 0.29) is 11.9 Å². The van der Waals surface area contributed by atoms with Crippen LogP contribution >= 0.6 is 11.6 Å². The van der Waals surface area contributed by atoms with Gasteiger partial charge in [0.1, 0.15) is 0 Å². The molecule has 0 saturated heterocycles. The van der Waals surface area contributed by atoms with Gasteiger partial charge in [0, 0.05) is 6.54 Å². The van der Waals surface area contributed by atoms with E-state index in [0.29, 0.717) is 31.3 Å². The number of nitrogens with zero attached hydrogens (tertiary/aromatic N) is 1. The highest BCUT2D eigenvalue weighted by Gasteiger charge is 2.15. The van der Waals surface area contributed by atoms with Crippen LogP contribution in [0.5, 0.6) is 11.5 Å². The molecular formula is C15H22ClNO4. The Morgan fingerprint density at radius 1 is 1.29 bits per heavy atom. The van der Waals surface area contributed by atoms with Crippen molar-refractivity contribution in [3.63, 3.8) is 0 Å². The van der Waals surface area contributed by atoms with Gasteiger partial charge in [-0.2, -0.15) is 0 Å². The van der Waals surface area contributed by atoms with Crippen molar-refractivity contribution in [1.29, 1.82) is 0 Å². The van der Waals surface area contributed by atoms with Crippen molar-refractivity contribution in [3.8, 4) is 11.5 Å². The maximum Gasteiger partial charge on any atom is 0.317 e. The molecule has 0 aromatic heterocycles. The van der Waals surface area contributed by atoms with Gasteiger partial charge in [0.2, 0.25) is 0 Å². The van der Waals surface area contributed by atoms with Gasteiger partial charge in [-0.1, -0.05) is 6.07 Å². The van der Waals surface area contributed by atoms with Crippen LogP contribution in [0.1, 0.15) is 24.8 Å². The van der Waals surface area contributed by atoms with Crippen molar-refractivity contribution in [2.75, 3.05) is 33.4 Å². The van der Waals surface area contributed by atoms with E-state index in [2.05, 4.69) is 0 Å². The molecule has 0 fully saturated rings. The van der Waals surface area contributed by atoms with Gasteiger partial charge in [-0.15, -0.1) is 11.6 Å². The van der Waals surface area contributed by atoms with Crippen LogP contribution in [-0.2, 0) is 4.79 Å². The van der Waals surface area contributed by atoms with E-state index in [0.717, 1.165) is 5.56 Å². The molecule has 0 aliphatic heterocycles. The van der Waals surface area contributed by atoms with Crippen LogP contribution in [0.25, 0.3) is 0 Å². The van der Waals surface area contributed by atoms with E-state index in [1.54, 1.807) is 11.9 Å². The molecule has 21 heavy (non-hydrogen) atoms. The Balaban J connectivity index is 2.81. The van der Waals surface area contributed by atoms with Gasteiger partial charge >= 0.3 is 5.97 Å². The molecular weight excluding hydrogens is 294 g/mol. The molecule has 0 bridgehead atoms. The monoisotopic (exact) mass is 315 g/mol. The first-order valence-electron chi connectivity index (χ1n) is 6.91. The molecule has 5 nitrogen and oxygen atoms in total. The quantitative estimate of drug-likeness (QED) is 0.710. The Bertz CT molecular complexity index is 467. The van der Waals surface area contributed by atoms with Gasteiger partial charge in [-0.05, 0) is 38.6 Å². The van der Waals surface area contributed by atoms with Crippen molar-refractivity contribution >= 4 is 17.6 Å². The van der Waals surface area contributed by atoms with Gasteiger partial charge in [0.25, 0.3) is 0 Å². The van der Waals surface area contributed by atoms with Crippen molar-refractivity contribution in [2.24, 2.45) is 0 Å². The Labute approximate surface area is 130 Å². The lowest BCUT2D eigenvalue weighted by Gasteiger charge is -2.19. The second kappa shape index (κ2) is 8.74. The summed E-state index contributed by atoms with van der Waals surface area (Å²) in [7, 11) is 1.72. The summed E-state index contributed by atoms with van der Waals surface area (Å²) in [6.45, 7) is 5.31. The number of ether oxygens (including phenoxy) is 2. The predicted molar refractivity (Wildman–Crippen MR) is 82.5 cm³/mol. The lowest BCUT2D eigenvalue weighted by atomic mass is 10.1. The number of carbonyl (C=O) groups is 1. The van der Waals surface area contributed by atoms with Crippen LogP contribution in [0.15, 0.2) is 18.2 Å². The smallest absolute Gasteiger partial charge is 0.317 e. The highest BCUT2D eigenvalue weighted by Crippen LogP contribution is 2.32. The molecule has 0 spiro atoms. The fourth-order valence-electron chi connectivity index (χ4n) is 1.94. The number of aliphatic carboxylic acids is 1. The molecule has 1 rings (SSSR count). The number of hydrogen-bond acceptors (Lipinski definition) is 4. The minimum atomic E-state index is -0.872. The van der Waals surface area contributed by atoms with Crippen LogP contribution in [0.4, 0.5) is 0 Å². The van der Waals surface area contributed by atoms with Crippen LogP contribution in [0.3, 0.4) is 0 Å². The molecule has 1 atom stereocenters. The van der Waals surface area contributed by atoms with Crippen molar-refractivity contribution in [3.05, 3.63) is 23.8 Å². The molecule has 6 heteroatoms. The molecule has 0 amide bonds. The molecule has 0 aliphatic carbocycles.